The third-order valence-corrected chi connectivity index (χ3v) is 3.49. The molecule has 4 nitrogen and oxygen atoms in total. The maximum Gasteiger partial charge on any atom is 0.335 e. The van der Waals surface area contributed by atoms with Crippen LogP contribution in [0.3, 0.4) is 0 Å². The molecule has 4 heteroatoms. The van der Waals surface area contributed by atoms with Crippen molar-refractivity contribution in [1.82, 2.24) is 4.57 Å². The number of hydrogen-bond donors (Lipinski definition) is 1. The Labute approximate surface area is 105 Å². The molecule has 1 heterocycles. The van der Waals surface area contributed by atoms with E-state index in [0.29, 0.717) is 11.8 Å². The van der Waals surface area contributed by atoms with E-state index in [1.54, 1.807) is 19.2 Å². The standard InChI is InChI=1S/C14H15NO3/c1-8-7-15(10-3-4-10)11-5-9(14(16)17)6-12(18-2)13(8)11/h5-7,10H,3-4H2,1-2H3,(H,16,17). The molecule has 1 aliphatic rings. The smallest absolute Gasteiger partial charge is 0.335 e. The van der Waals surface area contributed by atoms with Gasteiger partial charge in [0.2, 0.25) is 0 Å². The zero-order chi connectivity index (χ0) is 12.9. The Morgan fingerprint density at radius 2 is 2.17 bits per heavy atom. The van der Waals surface area contributed by atoms with Crippen molar-refractivity contribution in [2.75, 3.05) is 7.11 Å². The minimum absolute atomic E-state index is 0.277. The highest BCUT2D eigenvalue weighted by Gasteiger charge is 2.26. The molecule has 0 bridgehead atoms. The lowest BCUT2D eigenvalue weighted by atomic mass is 10.1. The van der Waals surface area contributed by atoms with Crippen molar-refractivity contribution in [3.8, 4) is 5.75 Å². The molecule has 1 fully saturated rings. The van der Waals surface area contributed by atoms with Gasteiger partial charge < -0.3 is 14.4 Å². The number of nitrogens with zero attached hydrogens (tertiary/aromatic N) is 1. The molecule has 1 aromatic heterocycles. The Morgan fingerprint density at radius 3 is 2.72 bits per heavy atom. The summed E-state index contributed by atoms with van der Waals surface area (Å²) in [5.41, 5.74) is 2.37. The predicted octanol–water partition coefficient (Wildman–Crippen LogP) is 2.99. The van der Waals surface area contributed by atoms with E-state index in [-0.39, 0.29) is 5.56 Å². The molecule has 0 amide bonds. The van der Waals surface area contributed by atoms with Gasteiger partial charge >= 0.3 is 5.97 Å². The van der Waals surface area contributed by atoms with Gasteiger partial charge in [0, 0.05) is 17.6 Å². The van der Waals surface area contributed by atoms with Crippen LogP contribution in [0.25, 0.3) is 10.9 Å². The van der Waals surface area contributed by atoms with E-state index in [0.717, 1.165) is 16.5 Å². The second kappa shape index (κ2) is 3.77. The van der Waals surface area contributed by atoms with Crippen molar-refractivity contribution in [2.24, 2.45) is 0 Å². The first-order chi connectivity index (χ1) is 8.61. The van der Waals surface area contributed by atoms with Crippen LogP contribution in [0.5, 0.6) is 5.75 Å². The number of aromatic nitrogens is 1. The minimum atomic E-state index is -0.920. The average molecular weight is 245 g/mol. The fourth-order valence-electron chi connectivity index (χ4n) is 2.48. The van der Waals surface area contributed by atoms with Crippen molar-refractivity contribution in [1.29, 1.82) is 0 Å². The van der Waals surface area contributed by atoms with Crippen LogP contribution in [0.1, 0.15) is 34.8 Å². The summed E-state index contributed by atoms with van der Waals surface area (Å²) in [4.78, 5) is 11.2. The van der Waals surface area contributed by atoms with E-state index < -0.39 is 5.97 Å². The van der Waals surface area contributed by atoms with E-state index in [1.807, 2.05) is 6.92 Å². The number of carboxylic acids is 1. The lowest BCUT2D eigenvalue weighted by Crippen LogP contribution is -1.99. The monoisotopic (exact) mass is 245 g/mol. The van der Waals surface area contributed by atoms with E-state index in [4.69, 9.17) is 9.84 Å². The maximum absolute atomic E-state index is 11.2. The highest BCUT2D eigenvalue weighted by molar-refractivity contribution is 5.98. The molecule has 1 N–H and O–H groups in total. The first kappa shape index (κ1) is 11.1. The molecular weight excluding hydrogens is 230 g/mol. The predicted molar refractivity (Wildman–Crippen MR) is 68.5 cm³/mol. The van der Waals surface area contributed by atoms with Crippen molar-refractivity contribution >= 4 is 16.9 Å². The molecule has 94 valence electrons. The largest absolute Gasteiger partial charge is 0.496 e. The maximum atomic E-state index is 11.2. The summed E-state index contributed by atoms with van der Waals surface area (Å²) in [5, 5.41) is 10.2. The van der Waals surface area contributed by atoms with E-state index in [1.165, 1.54) is 12.8 Å². The zero-order valence-electron chi connectivity index (χ0n) is 10.4. The Morgan fingerprint density at radius 1 is 1.44 bits per heavy atom. The summed E-state index contributed by atoms with van der Waals surface area (Å²) in [6, 6.07) is 3.86. The van der Waals surface area contributed by atoms with E-state index in [9.17, 15) is 4.79 Å². The number of benzene rings is 1. The third kappa shape index (κ3) is 1.56. The summed E-state index contributed by atoms with van der Waals surface area (Å²) in [5.74, 6) is -0.279. The zero-order valence-corrected chi connectivity index (χ0v) is 10.4. The van der Waals surface area contributed by atoms with Gasteiger partial charge in [0.15, 0.2) is 0 Å². The lowest BCUT2D eigenvalue weighted by Gasteiger charge is -2.07. The number of methoxy groups -OCH3 is 1. The van der Waals surface area contributed by atoms with Gasteiger partial charge in [-0.05, 0) is 37.5 Å². The molecule has 18 heavy (non-hydrogen) atoms. The van der Waals surface area contributed by atoms with E-state index >= 15 is 0 Å². The highest BCUT2D eigenvalue weighted by atomic mass is 16.5. The average Bonchev–Trinajstić information content (AvgIpc) is 3.13. The second-order valence-electron chi connectivity index (χ2n) is 4.83. The van der Waals surface area contributed by atoms with Gasteiger partial charge in [-0.25, -0.2) is 4.79 Å². The first-order valence-corrected chi connectivity index (χ1v) is 6.04. The summed E-state index contributed by atoms with van der Waals surface area (Å²) >= 11 is 0. The lowest BCUT2D eigenvalue weighted by molar-refractivity contribution is 0.0696. The van der Waals surface area contributed by atoms with Crippen molar-refractivity contribution in [3.05, 3.63) is 29.5 Å². The first-order valence-electron chi connectivity index (χ1n) is 6.04. The van der Waals surface area contributed by atoms with Crippen LogP contribution in [0.15, 0.2) is 18.3 Å². The number of hydrogen-bond acceptors (Lipinski definition) is 2. The molecule has 0 aliphatic heterocycles. The Balaban J connectivity index is 2.33. The molecule has 3 rings (SSSR count). The van der Waals surface area contributed by atoms with E-state index in [2.05, 4.69) is 10.8 Å². The molecule has 0 radical (unpaired) electrons. The van der Waals surface area contributed by atoms with Crippen LogP contribution in [0, 0.1) is 6.92 Å². The third-order valence-electron chi connectivity index (χ3n) is 3.49. The number of fused-ring (bicyclic) bond motifs is 1. The van der Waals surface area contributed by atoms with Crippen LogP contribution in [-0.4, -0.2) is 22.8 Å². The molecule has 0 spiro atoms. The molecule has 2 aromatic rings. The Bertz CT molecular complexity index is 638. The van der Waals surface area contributed by atoms with Gasteiger partial charge in [-0.3, -0.25) is 0 Å². The highest BCUT2D eigenvalue weighted by Crippen LogP contribution is 2.41. The minimum Gasteiger partial charge on any atom is -0.496 e. The molecular formula is C14H15NO3. The molecule has 0 saturated heterocycles. The summed E-state index contributed by atoms with van der Waals surface area (Å²) in [7, 11) is 1.58. The molecule has 1 aromatic carbocycles. The summed E-state index contributed by atoms with van der Waals surface area (Å²) < 4.78 is 7.52. The van der Waals surface area contributed by atoms with Gasteiger partial charge in [0.05, 0.1) is 18.2 Å². The van der Waals surface area contributed by atoms with Crippen LogP contribution >= 0.6 is 0 Å². The van der Waals surface area contributed by atoms with Gasteiger partial charge in [-0.15, -0.1) is 0 Å². The number of ether oxygens (including phenoxy) is 1. The fraction of sp³-hybridized carbons (Fsp3) is 0.357. The van der Waals surface area contributed by atoms with Crippen molar-refractivity contribution in [2.45, 2.75) is 25.8 Å². The van der Waals surface area contributed by atoms with Crippen LogP contribution in [0.2, 0.25) is 0 Å². The number of carbonyl (C=O) groups is 1. The van der Waals surface area contributed by atoms with Gasteiger partial charge in [-0.1, -0.05) is 0 Å². The van der Waals surface area contributed by atoms with Crippen LogP contribution in [-0.2, 0) is 0 Å². The van der Waals surface area contributed by atoms with Crippen molar-refractivity contribution < 1.29 is 14.6 Å². The molecule has 1 saturated carbocycles. The van der Waals surface area contributed by atoms with Gasteiger partial charge in [0.1, 0.15) is 5.75 Å². The van der Waals surface area contributed by atoms with Crippen molar-refractivity contribution in [3.63, 3.8) is 0 Å². The normalized spacial score (nSPS) is 15.0. The SMILES string of the molecule is COc1cc(C(=O)O)cc2c1c(C)cn2C1CC1. The fourth-order valence-corrected chi connectivity index (χ4v) is 2.48. The molecule has 0 atom stereocenters. The number of carboxylic acid groups (broad SMARTS) is 1. The number of aryl methyl sites for hydroxylation is 1. The quantitative estimate of drug-likeness (QED) is 0.904. The summed E-state index contributed by atoms with van der Waals surface area (Å²) in [6.07, 6.45) is 4.43. The molecule has 1 aliphatic carbocycles. The van der Waals surface area contributed by atoms with Gasteiger partial charge in [0.25, 0.3) is 0 Å². The van der Waals surface area contributed by atoms with Crippen LogP contribution < -0.4 is 4.74 Å². The number of aromatic carboxylic acids is 1. The van der Waals surface area contributed by atoms with Crippen LogP contribution in [0.4, 0.5) is 0 Å². The Hall–Kier alpha value is -1.97. The Kier molecular flexibility index (Phi) is 2.33. The molecule has 0 unspecified atom stereocenters. The summed E-state index contributed by atoms with van der Waals surface area (Å²) in [6.45, 7) is 2.03. The second-order valence-corrected chi connectivity index (χ2v) is 4.83. The van der Waals surface area contributed by atoms with Gasteiger partial charge in [-0.2, -0.15) is 0 Å². The topological polar surface area (TPSA) is 51.5 Å². The number of rotatable bonds is 3.